The molecule has 1 unspecified atom stereocenters. The molecule has 0 spiro atoms. The van der Waals surface area contributed by atoms with Gasteiger partial charge in [0.1, 0.15) is 0 Å². The Morgan fingerprint density at radius 2 is 2.38 bits per heavy atom. The number of hydrogen-bond donors (Lipinski definition) is 1. The number of aliphatic hydroxyl groups excluding tert-OH is 1. The predicted molar refractivity (Wildman–Crippen MR) is 45.7 cm³/mol. The minimum atomic E-state index is -1.20. The molecule has 1 N–H and O–H groups in total. The lowest BCUT2D eigenvalue weighted by atomic mass is 10.3. The van der Waals surface area contributed by atoms with Crippen LogP contribution in [-0.2, 0) is 14.3 Å². The van der Waals surface area contributed by atoms with E-state index < -0.39 is 12.3 Å². The topological polar surface area (TPSA) is 55.8 Å². The summed E-state index contributed by atoms with van der Waals surface area (Å²) in [7, 11) is 0. The zero-order valence-electron chi connectivity index (χ0n) is 7.66. The molecule has 0 amide bonds. The highest BCUT2D eigenvalue weighted by molar-refractivity contribution is 5.85. The van der Waals surface area contributed by atoms with E-state index in [4.69, 9.17) is 9.84 Å². The highest BCUT2D eigenvalue weighted by Crippen LogP contribution is 2.14. The summed E-state index contributed by atoms with van der Waals surface area (Å²) < 4.78 is 9.58. The molecule has 1 atom stereocenters. The second-order valence-corrected chi connectivity index (χ2v) is 2.89. The Morgan fingerprint density at radius 3 is 2.92 bits per heavy atom. The molecule has 0 saturated heterocycles. The van der Waals surface area contributed by atoms with Crippen molar-refractivity contribution in [1.82, 2.24) is 0 Å². The summed E-state index contributed by atoms with van der Waals surface area (Å²) in [5.41, 5.74) is 0. The number of unbranched alkanes of at least 4 members (excludes halogenated alkanes) is 2. The van der Waals surface area contributed by atoms with Crippen LogP contribution in [0.4, 0.5) is 0 Å². The van der Waals surface area contributed by atoms with Crippen LogP contribution in [0.5, 0.6) is 0 Å². The first kappa shape index (κ1) is 10.1. The van der Waals surface area contributed by atoms with Crippen molar-refractivity contribution >= 4 is 5.97 Å². The molecule has 0 aromatic carbocycles. The van der Waals surface area contributed by atoms with Crippen LogP contribution in [0.3, 0.4) is 0 Å². The summed E-state index contributed by atoms with van der Waals surface area (Å²) in [5.74, 6) is -0.320. The molecule has 1 aliphatic rings. The van der Waals surface area contributed by atoms with Gasteiger partial charge < -0.3 is 14.6 Å². The molecule has 74 valence electrons. The quantitative estimate of drug-likeness (QED) is 0.513. The maximum Gasteiger partial charge on any atom is 0.337 e. The van der Waals surface area contributed by atoms with Gasteiger partial charge in [0.2, 0.25) is 0 Å². The Bertz CT molecular complexity index is 210. The summed E-state index contributed by atoms with van der Waals surface area (Å²) in [6.45, 7) is 2.61. The first-order valence-electron chi connectivity index (χ1n) is 4.47. The van der Waals surface area contributed by atoms with E-state index in [2.05, 4.69) is 11.7 Å². The predicted octanol–water partition coefficient (Wildman–Crippen LogP) is 0.952. The number of ether oxygens (including phenoxy) is 2. The molecule has 4 heteroatoms. The Hall–Kier alpha value is -1.03. The third kappa shape index (κ3) is 3.06. The van der Waals surface area contributed by atoms with Crippen molar-refractivity contribution in [2.45, 2.75) is 32.5 Å². The molecule has 1 rings (SSSR count). The number of hydrogen-bond acceptors (Lipinski definition) is 4. The number of esters is 1. The summed E-state index contributed by atoms with van der Waals surface area (Å²) in [6, 6.07) is 0. The van der Waals surface area contributed by atoms with Crippen LogP contribution in [0.15, 0.2) is 11.8 Å². The lowest BCUT2D eigenvalue weighted by molar-refractivity contribution is -0.154. The van der Waals surface area contributed by atoms with Gasteiger partial charge in [-0.3, -0.25) is 0 Å². The lowest BCUT2D eigenvalue weighted by Crippen LogP contribution is -2.12. The standard InChI is InChI=1S/C9H14O4/c1-2-3-4-5-12-7-6-8(10)13-9(7)11/h6,9,11H,2-5H2,1H3. The summed E-state index contributed by atoms with van der Waals surface area (Å²) >= 11 is 0. The zero-order chi connectivity index (χ0) is 9.68. The number of rotatable bonds is 5. The van der Waals surface area contributed by atoms with Gasteiger partial charge in [-0.25, -0.2) is 4.79 Å². The van der Waals surface area contributed by atoms with Gasteiger partial charge in [-0.05, 0) is 6.42 Å². The molecule has 0 bridgehead atoms. The van der Waals surface area contributed by atoms with Gasteiger partial charge in [-0.15, -0.1) is 0 Å². The fourth-order valence-electron chi connectivity index (χ4n) is 1.04. The molecule has 0 saturated carbocycles. The Balaban J connectivity index is 2.21. The van der Waals surface area contributed by atoms with E-state index in [1.807, 2.05) is 0 Å². The highest BCUT2D eigenvalue weighted by Gasteiger charge is 2.24. The molecule has 1 heterocycles. The molecule has 0 aromatic rings. The minimum Gasteiger partial charge on any atom is -0.491 e. The van der Waals surface area contributed by atoms with E-state index in [0.29, 0.717) is 6.61 Å². The van der Waals surface area contributed by atoms with Gasteiger partial charge in [-0.2, -0.15) is 0 Å². The van der Waals surface area contributed by atoms with E-state index >= 15 is 0 Å². The SMILES string of the molecule is CCCCCOC1=CC(=O)OC1O. The molecule has 0 aliphatic carbocycles. The lowest BCUT2D eigenvalue weighted by Gasteiger charge is -2.08. The van der Waals surface area contributed by atoms with Crippen molar-refractivity contribution in [3.05, 3.63) is 11.8 Å². The van der Waals surface area contributed by atoms with Gasteiger partial charge in [0.25, 0.3) is 6.29 Å². The summed E-state index contributed by atoms with van der Waals surface area (Å²) in [5, 5.41) is 9.08. The minimum absolute atomic E-state index is 0.223. The van der Waals surface area contributed by atoms with E-state index in [1.165, 1.54) is 6.08 Å². The first-order valence-corrected chi connectivity index (χ1v) is 4.47. The number of carbonyl (C=O) groups excluding carboxylic acids is 1. The molecule has 4 nitrogen and oxygen atoms in total. The fraction of sp³-hybridized carbons (Fsp3) is 0.667. The van der Waals surface area contributed by atoms with Gasteiger partial charge in [0.15, 0.2) is 5.76 Å². The smallest absolute Gasteiger partial charge is 0.337 e. The number of cyclic esters (lactones) is 1. The largest absolute Gasteiger partial charge is 0.491 e. The highest BCUT2D eigenvalue weighted by atomic mass is 16.7. The molecule has 13 heavy (non-hydrogen) atoms. The van der Waals surface area contributed by atoms with Crippen LogP contribution in [0.25, 0.3) is 0 Å². The van der Waals surface area contributed by atoms with Crippen LogP contribution in [-0.4, -0.2) is 24.0 Å². The molecule has 0 fully saturated rings. The summed E-state index contributed by atoms with van der Waals surface area (Å²) in [4.78, 5) is 10.6. The number of carbonyl (C=O) groups is 1. The van der Waals surface area contributed by atoms with E-state index in [-0.39, 0.29) is 5.76 Å². The van der Waals surface area contributed by atoms with Crippen LogP contribution in [0.1, 0.15) is 26.2 Å². The van der Waals surface area contributed by atoms with E-state index in [1.54, 1.807) is 0 Å². The van der Waals surface area contributed by atoms with Crippen LogP contribution in [0, 0.1) is 0 Å². The average Bonchev–Trinajstić information content (AvgIpc) is 2.39. The van der Waals surface area contributed by atoms with Crippen molar-refractivity contribution in [2.75, 3.05) is 6.61 Å². The molecule has 1 aliphatic heterocycles. The first-order chi connectivity index (χ1) is 6.24. The van der Waals surface area contributed by atoms with E-state index in [9.17, 15) is 4.79 Å². The monoisotopic (exact) mass is 186 g/mol. The molecule has 0 aromatic heterocycles. The molecular formula is C9H14O4. The number of aliphatic hydroxyl groups is 1. The maximum atomic E-state index is 10.6. The normalized spacial score (nSPS) is 21.2. The van der Waals surface area contributed by atoms with Crippen molar-refractivity contribution in [3.63, 3.8) is 0 Å². The Labute approximate surface area is 77.1 Å². The van der Waals surface area contributed by atoms with Crippen LogP contribution >= 0.6 is 0 Å². The Kier molecular flexibility index (Phi) is 3.76. The Morgan fingerprint density at radius 1 is 1.62 bits per heavy atom. The summed E-state index contributed by atoms with van der Waals surface area (Å²) in [6.07, 6.45) is 3.10. The third-order valence-corrected chi connectivity index (χ3v) is 1.75. The third-order valence-electron chi connectivity index (χ3n) is 1.75. The van der Waals surface area contributed by atoms with Gasteiger partial charge >= 0.3 is 5.97 Å². The van der Waals surface area contributed by atoms with Crippen molar-refractivity contribution in [2.24, 2.45) is 0 Å². The van der Waals surface area contributed by atoms with Crippen molar-refractivity contribution in [3.8, 4) is 0 Å². The average molecular weight is 186 g/mol. The van der Waals surface area contributed by atoms with Crippen LogP contribution < -0.4 is 0 Å². The van der Waals surface area contributed by atoms with E-state index in [0.717, 1.165) is 19.3 Å². The second-order valence-electron chi connectivity index (χ2n) is 2.89. The van der Waals surface area contributed by atoms with Crippen LogP contribution in [0.2, 0.25) is 0 Å². The van der Waals surface area contributed by atoms with Crippen molar-refractivity contribution in [1.29, 1.82) is 0 Å². The zero-order valence-corrected chi connectivity index (χ0v) is 7.66. The van der Waals surface area contributed by atoms with Crippen molar-refractivity contribution < 1.29 is 19.4 Å². The fourth-order valence-corrected chi connectivity index (χ4v) is 1.04. The second kappa shape index (κ2) is 4.87. The van der Waals surface area contributed by atoms with Gasteiger partial charge in [0.05, 0.1) is 12.7 Å². The molecule has 0 radical (unpaired) electrons. The van der Waals surface area contributed by atoms with Gasteiger partial charge in [0, 0.05) is 0 Å². The molecular weight excluding hydrogens is 172 g/mol. The van der Waals surface area contributed by atoms with Gasteiger partial charge in [-0.1, -0.05) is 19.8 Å². The maximum absolute atomic E-state index is 10.6.